The van der Waals surface area contributed by atoms with E-state index in [1.165, 1.54) is 12.1 Å². The summed E-state index contributed by atoms with van der Waals surface area (Å²) >= 11 is 6.35. The molecule has 2 aliphatic heterocycles. The van der Waals surface area contributed by atoms with E-state index >= 15 is 0 Å². The molecular weight excluding hydrogens is 500 g/mol. The molecule has 0 unspecified atom stereocenters. The Kier molecular flexibility index (Phi) is 7.01. The summed E-state index contributed by atoms with van der Waals surface area (Å²) in [7, 11) is 0. The van der Waals surface area contributed by atoms with E-state index in [0.717, 1.165) is 25.7 Å². The van der Waals surface area contributed by atoms with Crippen LogP contribution >= 0.6 is 11.6 Å². The summed E-state index contributed by atoms with van der Waals surface area (Å²) in [6.07, 6.45) is 3.49. The molecule has 5 rings (SSSR count). The van der Waals surface area contributed by atoms with E-state index < -0.39 is 10.8 Å². The molecule has 4 heterocycles. The summed E-state index contributed by atoms with van der Waals surface area (Å²) in [4.78, 5) is 39.9. The maximum Gasteiger partial charge on any atom is 0.433 e. The molecule has 11 heteroatoms. The lowest BCUT2D eigenvalue weighted by atomic mass is 9.78. The van der Waals surface area contributed by atoms with Gasteiger partial charge in [-0.2, -0.15) is 0 Å². The van der Waals surface area contributed by atoms with Gasteiger partial charge in [-0.05, 0) is 56.6 Å². The Morgan fingerprint density at radius 2 is 1.57 bits per heavy atom. The first-order valence-corrected chi connectivity index (χ1v) is 12.7. The first-order valence-electron chi connectivity index (χ1n) is 12.4. The van der Waals surface area contributed by atoms with Crippen molar-refractivity contribution in [2.24, 2.45) is 11.8 Å². The highest BCUT2D eigenvalue weighted by Crippen LogP contribution is 2.35. The predicted molar refractivity (Wildman–Crippen MR) is 134 cm³/mol. The standard InChI is InChI=1S/C26H27ClN4O6/c1-16-23(24(28-37-16)19-4-2-3-5-20(19)27)26(33)30-14-10-18(11-15-30)17-8-12-29(13-9-17)25(32)21-6-7-22(36-21)31(34)35/h2-7,17-18H,8-15H2,1H3. The number of aryl methyl sites for hydroxylation is 1. The second kappa shape index (κ2) is 10.4. The smallest absolute Gasteiger partial charge is 0.395 e. The van der Waals surface area contributed by atoms with Gasteiger partial charge in [0, 0.05) is 31.7 Å². The average Bonchev–Trinajstić information content (AvgIpc) is 3.56. The summed E-state index contributed by atoms with van der Waals surface area (Å²) in [6.45, 7) is 4.19. The van der Waals surface area contributed by atoms with Crippen molar-refractivity contribution in [3.05, 3.63) is 68.6 Å². The lowest BCUT2D eigenvalue weighted by Crippen LogP contribution is -2.44. The van der Waals surface area contributed by atoms with E-state index in [2.05, 4.69) is 5.16 Å². The number of hydrogen-bond acceptors (Lipinski definition) is 7. The van der Waals surface area contributed by atoms with E-state index in [0.29, 0.717) is 65.6 Å². The molecule has 3 aromatic rings. The van der Waals surface area contributed by atoms with Crippen LogP contribution in [0.25, 0.3) is 11.3 Å². The minimum atomic E-state index is -0.651. The molecule has 0 aliphatic carbocycles. The zero-order valence-corrected chi connectivity index (χ0v) is 21.1. The second-order valence-electron chi connectivity index (χ2n) is 9.60. The Labute approximate surface area is 218 Å². The van der Waals surface area contributed by atoms with Crippen LogP contribution in [0.4, 0.5) is 5.88 Å². The number of piperidine rings is 2. The molecule has 2 aliphatic rings. The Morgan fingerprint density at radius 1 is 0.973 bits per heavy atom. The molecule has 1 aromatic carbocycles. The highest BCUT2D eigenvalue weighted by molar-refractivity contribution is 6.33. The van der Waals surface area contributed by atoms with Crippen LogP contribution in [0.5, 0.6) is 0 Å². The summed E-state index contributed by atoms with van der Waals surface area (Å²) in [6, 6.07) is 9.82. The first-order chi connectivity index (χ1) is 17.8. The second-order valence-corrected chi connectivity index (χ2v) is 10.0. The van der Waals surface area contributed by atoms with Crippen LogP contribution < -0.4 is 0 Å². The first kappa shape index (κ1) is 25.0. The minimum Gasteiger partial charge on any atom is -0.395 e. The number of likely N-dealkylation sites (tertiary alicyclic amines) is 2. The Hall–Kier alpha value is -3.66. The van der Waals surface area contributed by atoms with Crippen LogP contribution in [0.15, 0.2) is 45.3 Å². The molecule has 2 saturated heterocycles. The van der Waals surface area contributed by atoms with E-state index in [4.69, 9.17) is 20.5 Å². The van der Waals surface area contributed by atoms with Crippen LogP contribution in [0.1, 0.15) is 52.4 Å². The molecule has 0 N–H and O–H groups in total. The number of carbonyl (C=O) groups is 2. The van der Waals surface area contributed by atoms with Gasteiger partial charge in [-0.1, -0.05) is 35.0 Å². The quantitative estimate of drug-likeness (QED) is 0.330. The number of aromatic nitrogens is 1. The molecular formula is C26H27ClN4O6. The third-order valence-electron chi connectivity index (χ3n) is 7.51. The van der Waals surface area contributed by atoms with Crippen molar-refractivity contribution in [2.45, 2.75) is 32.6 Å². The molecule has 194 valence electrons. The van der Waals surface area contributed by atoms with Crippen molar-refractivity contribution in [1.29, 1.82) is 0 Å². The maximum absolute atomic E-state index is 13.5. The molecule has 0 radical (unpaired) electrons. The molecule has 0 spiro atoms. The van der Waals surface area contributed by atoms with E-state index in [-0.39, 0.29) is 17.6 Å². The van der Waals surface area contributed by atoms with Crippen LogP contribution in [0.3, 0.4) is 0 Å². The SMILES string of the molecule is Cc1onc(-c2ccccc2Cl)c1C(=O)N1CCC(C2CCN(C(=O)c3ccc([N+](=O)[O-])o3)CC2)CC1. The number of carbonyl (C=O) groups excluding carboxylic acids is 2. The topological polar surface area (TPSA) is 123 Å². The number of nitro groups is 1. The van der Waals surface area contributed by atoms with Crippen molar-refractivity contribution in [3.8, 4) is 11.3 Å². The fourth-order valence-corrected chi connectivity index (χ4v) is 5.69. The molecule has 10 nitrogen and oxygen atoms in total. The van der Waals surface area contributed by atoms with Gasteiger partial charge in [-0.25, -0.2) is 0 Å². The molecule has 2 fully saturated rings. The van der Waals surface area contributed by atoms with Crippen molar-refractivity contribution < 1.29 is 23.5 Å². The van der Waals surface area contributed by atoms with Crippen molar-refractivity contribution in [2.75, 3.05) is 26.2 Å². The fraction of sp³-hybridized carbons (Fsp3) is 0.423. The zero-order chi connectivity index (χ0) is 26.1. The highest BCUT2D eigenvalue weighted by atomic mass is 35.5. The Bertz CT molecular complexity index is 1320. The lowest BCUT2D eigenvalue weighted by molar-refractivity contribution is -0.402. The van der Waals surface area contributed by atoms with Gasteiger partial charge in [0.15, 0.2) is 5.76 Å². The molecule has 2 amide bonds. The molecule has 0 saturated carbocycles. The Morgan fingerprint density at radius 3 is 2.14 bits per heavy atom. The molecule has 37 heavy (non-hydrogen) atoms. The summed E-state index contributed by atoms with van der Waals surface area (Å²) in [5.74, 6) is 0.560. The number of furan rings is 1. The van der Waals surface area contributed by atoms with E-state index in [1.807, 2.05) is 23.1 Å². The molecule has 0 atom stereocenters. The summed E-state index contributed by atoms with van der Waals surface area (Å²) in [5.41, 5.74) is 1.59. The summed E-state index contributed by atoms with van der Waals surface area (Å²) in [5, 5.41) is 15.5. The van der Waals surface area contributed by atoms with Gasteiger partial charge >= 0.3 is 5.88 Å². The number of amides is 2. The number of nitrogens with zero attached hydrogens (tertiary/aromatic N) is 4. The minimum absolute atomic E-state index is 0.00263. The van der Waals surface area contributed by atoms with Crippen LogP contribution in [-0.4, -0.2) is 57.9 Å². The van der Waals surface area contributed by atoms with Crippen LogP contribution in [-0.2, 0) is 0 Å². The van der Waals surface area contributed by atoms with Gasteiger partial charge in [0.1, 0.15) is 21.9 Å². The van der Waals surface area contributed by atoms with Crippen LogP contribution in [0.2, 0.25) is 5.02 Å². The number of benzene rings is 1. The van der Waals surface area contributed by atoms with Crippen molar-refractivity contribution >= 4 is 29.3 Å². The monoisotopic (exact) mass is 526 g/mol. The average molecular weight is 527 g/mol. The van der Waals surface area contributed by atoms with E-state index in [1.54, 1.807) is 17.9 Å². The lowest BCUT2D eigenvalue weighted by Gasteiger charge is -2.40. The normalized spacial score (nSPS) is 17.2. The highest BCUT2D eigenvalue weighted by Gasteiger charge is 2.35. The molecule has 2 aromatic heterocycles. The van der Waals surface area contributed by atoms with Gasteiger partial charge in [0.25, 0.3) is 11.8 Å². The molecule has 0 bridgehead atoms. The van der Waals surface area contributed by atoms with Gasteiger partial charge in [0.05, 0.1) is 11.1 Å². The zero-order valence-electron chi connectivity index (χ0n) is 20.4. The van der Waals surface area contributed by atoms with Crippen LogP contribution in [0, 0.1) is 28.9 Å². The predicted octanol–water partition coefficient (Wildman–Crippen LogP) is 5.21. The largest absolute Gasteiger partial charge is 0.433 e. The van der Waals surface area contributed by atoms with Gasteiger partial charge < -0.3 is 18.7 Å². The third kappa shape index (κ3) is 4.98. The Balaban J connectivity index is 1.17. The number of hydrogen-bond donors (Lipinski definition) is 0. The van der Waals surface area contributed by atoms with Crippen molar-refractivity contribution in [1.82, 2.24) is 15.0 Å². The maximum atomic E-state index is 13.5. The third-order valence-corrected chi connectivity index (χ3v) is 7.84. The summed E-state index contributed by atoms with van der Waals surface area (Å²) < 4.78 is 10.5. The fourth-order valence-electron chi connectivity index (χ4n) is 5.46. The van der Waals surface area contributed by atoms with Crippen molar-refractivity contribution in [3.63, 3.8) is 0 Å². The van der Waals surface area contributed by atoms with Gasteiger partial charge in [-0.3, -0.25) is 19.7 Å². The van der Waals surface area contributed by atoms with Gasteiger partial charge in [0.2, 0.25) is 0 Å². The number of halogens is 1. The van der Waals surface area contributed by atoms with Gasteiger partial charge in [-0.15, -0.1) is 0 Å². The number of rotatable bonds is 5. The van der Waals surface area contributed by atoms with E-state index in [9.17, 15) is 19.7 Å².